The average molecular weight is 335 g/mol. The van der Waals surface area contributed by atoms with Crippen LogP contribution in [0.5, 0.6) is 0 Å². The molecule has 0 bridgehead atoms. The predicted molar refractivity (Wildman–Crippen MR) is 84.8 cm³/mol. The van der Waals surface area contributed by atoms with E-state index in [0.29, 0.717) is 10.8 Å². The Morgan fingerprint density at radius 1 is 0.913 bits per heavy atom. The molecule has 0 spiro atoms. The molecular formula is C16H12F3N3S. The molecule has 1 heterocycles. The predicted octanol–water partition coefficient (Wildman–Crippen LogP) is 5.28. The molecular weight excluding hydrogens is 323 g/mol. The van der Waals surface area contributed by atoms with Gasteiger partial charge in [-0.1, -0.05) is 41.2 Å². The molecule has 0 atom stereocenters. The summed E-state index contributed by atoms with van der Waals surface area (Å²) in [4.78, 5) is 0. The van der Waals surface area contributed by atoms with E-state index < -0.39 is 11.7 Å². The third-order valence-electron chi connectivity index (χ3n) is 3.19. The van der Waals surface area contributed by atoms with Gasteiger partial charge in [0.1, 0.15) is 5.01 Å². The number of aromatic nitrogens is 2. The molecule has 3 aromatic rings. The first-order valence-corrected chi connectivity index (χ1v) is 7.58. The summed E-state index contributed by atoms with van der Waals surface area (Å²) in [7, 11) is 0. The standard InChI is InChI=1S/C16H12F3N3S/c1-10-2-4-11(5-3-10)14-21-22-15(23-14)20-13-8-6-12(7-9-13)16(17,18)19/h2-9H,1H3,(H,20,22). The molecule has 0 aliphatic heterocycles. The number of aryl methyl sites for hydroxylation is 1. The second kappa shape index (κ2) is 6.00. The summed E-state index contributed by atoms with van der Waals surface area (Å²) in [6.45, 7) is 2.00. The van der Waals surface area contributed by atoms with Crippen LogP contribution in [0, 0.1) is 6.92 Å². The van der Waals surface area contributed by atoms with Crippen molar-refractivity contribution in [2.45, 2.75) is 13.1 Å². The number of hydrogen-bond acceptors (Lipinski definition) is 4. The Kier molecular flexibility index (Phi) is 4.04. The molecule has 0 aliphatic carbocycles. The van der Waals surface area contributed by atoms with Crippen LogP contribution >= 0.6 is 11.3 Å². The average Bonchev–Trinajstić information content (AvgIpc) is 2.96. The molecule has 0 amide bonds. The zero-order valence-electron chi connectivity index (χ0n) is 12.1. The highest BCUT2D eigenvalue weighted by Gasteiger charge is 2.29. The molecule has 0 saturated heterocycles. The van der Waals surface area contributed by atoms with Gasteiger partial charge in [0, 0.05) is 11.3 Å². The summed E-state index contributed by atoms with van der Waals surface area (Å²) in [5.74, 6) is 0. The van der Waals surface area contributed by atoms with Crippen molar-refractivity contribution in [3.8, 4) is 10.6 Å². The zero-order valence-corrected chi connectivity index (χ0v) is 12.9. The van der Waals surface area contributed by atoms with Crippen LogP contribution in [-0.4, -0.2) is 10.2 Å². The van der Waals surface area contributed by atoms with Crippen LogP contribution in [0.2, 0.25) is 0 Å². The van der Waals surface area contributed by atoms with Gasteiger partial charge in [0.2, 0.25) is 5.13 Å². The lowest BCUT2D eigenvalue weighted by Gasteiger charge is -2.07. The van der Waals surface area contributed by atoms with Crippen molar-refractivity contribution in [2.75, 3.05) is 5.32 Å². The normalized spacial score (nSPS) is 11.5. The van der Waals surface area contributed by atoms with Gasteiger partial charge in [0.05, 0.1) is 5.56 Å². The number of alkyl halides is 3. The molecule has 3 rings (SSSR count). The topological polar surface area (TPSA) is 37.8 Å². The lowest BCUT2D eigenvalue weighted by molar-refractivity contribution is -0.137. The number of nitrogens with one attached hydrogen (secondary N) is 1. The van der Waals surface area contributed by atoms with E-state index in [1.165, 1.54) is 23.5 Å². The molecule has 7 heteroatoms. The molecule has 1 aromatic heterocycles. The van der Waals surface area contributed by atoms with Crippen LogP contribution in [0.25, 0.3) is 10.6 Å². The Hall–Kier alpha value is -2.41. The van der Waals surface area contributed by atoms with E-state index >= 15 is 0 Å². The van der Waals surface area contributed by atoms with Gasteiger partial charge in [-0.2, -0.15) is 13.2 Å². The second-order valence-electron chi connectivity index (χ2n) is 4.98. The minimum Gasteiger partial charge on any atom is -0.330 e. The van der Waals surface area contributed by atoms with E-state index in [4.69, 9.17) is 0 Å². The molecule has 0 saturated carbocycles. The first-order chi connectivity index (χ1) is 10.9. The Labute approximate surface area is 134 Å². The van der Waals surface area contributed by atoms with Gasteiger partial charge >= 0.3 is 6.18 Å². The third kappa shape index (κ3) is 3.68. The molecule has 1 N–H and O–H groups in total. The van der Waals surface area contributed by atoms with E-state index in [1.807, 2.05) is 31.2 Å². The van der Waals surface area contributed by atoms with E-state index in [0.717, 1.165) is 28.3 Å². The Morgan fingerprint density at radius 2 is 1.57 bits per heavy atom. The van der Waals surface area contributed by atoms with Crippen LogP contribution in [0.3, 0.4) is 0 Å². The van der Waals surface area contributed by atoms with Crippen molar-refractivity contribution in [3.63, 3.8) is 0 Å². The van der Waals surface area contributed by atoms with Crippen LogP contribution in [0.15, 0.2) is 48.5 Å². The van der Waals surface area contributed by atoms with E-state index in [2.05, 4.69) is 15.5 Å². The van der Waals surface area contributed by atoms with Crippen molar-refractivity contribution < 1.29 is 13.2 Å². The van der Waals surface area contributed by atoms with Crippen molar-refractivity contribution in [1.82, 2.24) is 10.2 Å². The lowest BCUT2D eigenvalue weighted by atomic mass is 10.2. The molecule has 0 fully saturated rings. The molecule has 23 heavy (non-hydrogen) atoms. The van der Waals surface area contributed by atoms with E-state index in [-0.39, 0.29) is 0 Å². The maximum absolute atomic E-state index is 12.5. The SMILES string of the molecule is Cc1ccc(-c2nnc(Nc3ccc(C(F)(F)F)cc3)s2)cc1. The highest BCUT2D eigenvalue weighted by molar-refractivity contribution is 7.18. The molecule has 0 unspecified atom stereocenters. The van der Waals surface area contributed by atoms with Gasteiger partial charge in [-0.05, 0) is 31.2 Å². The van der Waals surface area contributed by atoms with Gasteiger partial charge < -0.3 is 5.32 Å². The van der Waals surface area contributed by atoms with Crippen LogP contribution in [0.4, 0.5) is 24.0 Å². The van der Waals surface area contributed by atoms with Gasteiger partial charge in [-0.3, -0.25) is 0 Å². The largest absolute Gasteiger partial charge is 0.416 e. The monoisotopic (exact) mass is 335 g/mol. The summed E-state index contributed by atoms with van der Waals surface area (Å²) >= 11 is 1.34. The quantitative estimate of drug-likeness (QED) is 0.708. The fourth-order valence-corrected chi connectivity index (χ4v) is 2.72. The van der Waals surface area contributed by atoms with E-state index in [9.17, 15) is 13.2 Å². The third-order valence-corrected chi connectivity index (χ3v) is 4.07. The van der Waals surface area contributed by atoms with Crippen molar-refractivity contribution in [3.05, 3.63) is 59.7 Å². The summed E-state index contributed by atoms with van der Waals surface area (Å²) in [5.41, 5.74) is 1.96. The summed E-state index contributed by atoms with van der Waals surface area (Å²) < 4.78 is 37.6. The Balaban J connectivity index is 1.75. The summed E-state index contributed by atoms with van der Waals surface area (Å²) in [6, 6.07) is 12.7. The van der Waals surface area contributed by atoms with Gasteiger partial charge in [0.15, 0.2) is 0 Å². The van der Waals surface area contributed by atoms with Gasteiger partial charge in [-0.15, -0.1) is 10.2 Å². The maximum atomic E-state index is 12.5. The lowest BCUT2D eigenvalue weighted by Crippen LogP contribution is -2.04. The van der Waals surface area contributed by atoms with Crippen molar-refractivity contribution >= 4 is 22.2 Å². The fraction of sp³-hybridized carbons (Fsp3) is 0.125. The van der Waals surface area contributed by atoms with Gasteiger partial charge in [0.25, 0.3) is 0 Å². The molecule has 2 aromatic carbocycles. The van der Waals surface area contributed by atoms with E-state index in [1.54, 1.807) is 0 Å². The number of hydrogen-bond donors (Lipinski definition) is 1. The smallest absolute Gasteiger partial charge is 0.330 e. The first kappa shape index (κ1) is 15.5. The van der Waals surface area contributed by atoms with Crippen LogP contribution in [0.1, 0.15) is 11.1 Å². The molecule has 0 aliphatic rings. The number of nitrogens with zero attached hydrogens (tertiary/aromatic N) is 2. The fourth-order valence-electron chi connectivity index (χ4n) is 1.95. The number of rotatable bonds is 3. The molecule has 118 valence electrons. The number of halogens is 3. The van der Waals surface area contributed by atoms with Crippen molar-refractivity contribution in [1.29, 1.82) is 0 Å². The highest BCUT2D eigenvalue weighted by Crippen LogP contribution is 2.32. The van der Waals surface area contributed by atoms with Crippen molar-refractivity contribution in [2.24, 2.45) is 0 Å². The maximum Gasteiger partial charge on any atom is 0.416 e. The minimum absolute atomic E-state index is 0.528. The zero-order chi connectivity index (χ0) is 16.4. The minimum atomic E-state index is -4.33. The van der Waals surface area contributed by atoms with Crippen LogP contribution in [-0.2, 0) is 6.18 Å². The number of anilines is 2. The number of benzene rings is 2. The first-order valence-electron chi connectivity index (χ1n) is 6.77. The Morgan fingerprint density at radius 3 is 2.17 bits per heavy atom. The highest BCUT2D eigenvalue weighted by atomic mass is 32.1. The van der Waals surface area contributed by atoms with Crippen LogP contribution < -0.4 is 5.32 Å². The molecule has 3 nitrogen and oxygen atoms in total. The summed E-state index contributed by atoms with van der Waals surface area (Å²) in [6.07, 6.45) is -4.33. The molecule has 0 radical (unpaired) electrons. The second-order valence-corrected chi connectivity index (χ2v) is 5.96. The van der Waals surface area contributed by atoms with Gasteiger partial charge in [-0.25, -0.2) is 0 Å². The Bertz CT molecular complexity index is 793. The summed E-state index contributed by atoms with van der Waals surface area (Å²) in [5, 5.41) is 12.4.